The molecule has 0 heterocycles. The molecule has 1 aromatic rings. The van der Waals surface area contributed by atoms with E-state index in [4.69, 9.17) is 9.84 Å². The molecule has 2 nitrogen and oxygen atoms in total. The number of benzene rings is 1. The van der Waals surface area contributed by atoms with Gasteiger partial charge in [-0.2, -0.15) is 0 Å². The third kappa shape index (κ3) is 1.59. The van der Waals surface area contributed by atoms with Crippen molar-refractivity contribution < 1.29 is 14.2 Å². The maximum atomic E-state index is 12.9. The normalized spacial score (nSPS) is 10.0. The molecule has 1 rings (SSSR count). The van der Waals surface area contributed by atoms with Crippen molar-refractivity contribution in [3.63, 3.8) is 0 Å². The number of hydrogen-bond acceptors (Lipinski definition) is 2. The molecule has 12 heavy (non-hydrogen) atoms. The summed E-state index contributed by atoms with van der Waals surface area (Å²) in [7, 11) is 1.43. The van der Waals surface area contributed by atoms with Crippen LogP contribution in [0, 0.1) is 5.82 Å². The Bertz CT molecular complexity index is 289. The summed E-state index contributed by atoms with van der Waals surface area (Å²) in [6.45, 7) is -0.165. The summed E-state index contributed by atoms with van der Waals surface area (Å²) in [4.78, 5) is 0. The predicted octanol–water partition coefficient (Wildman–Crippen LogP) is 2.09. The number of aliphatic hydroxyl groups excluding tert-OH is 1. The highest BCUT2D eigenvalue weighted by Crippen LogP contribution is 2.31. The van der Waals surface area contributed by atoms with E-state index in [-0.39, 0.29) is 11.1 Å². The quantitative estimate of drug-likeness (QED) is 0.850. The van der Waals surface area contributed by atoms with E-state index in [0.29, 0.717) is 11.3 Å². The van der Waals surface area contributed by atoms with Gasteiger partial charge in [-0.3, -0.25) is 0 Å². The van der Waals surface area contributed by atoms with E-state index in [0.717, 1.165) is 0 Å². The Balaban J connectivity index is 3.25. The molecule has 0 aliphatic rings. The van der Waals surface area contributed by atoms with Crippen LogP contribution in [0.1, 0.15) is 5.56 Å². The Labute approximate surface area is 78.1 Å². The molecule has 0 saturated heterocycles. The van der Waals surface area contributed by atoms with Crippen molar-refractivity contribution in [1.29, 1.82) is 0 Å². The van der Waals surface area contributed by atoms with Crippen molar-refractivity contribution in [2.45, 2.75) is 6.61 Å². The molecule has 66 valence electrons. The fourth-order valence-electron chi connectivity index (χ4n) is 0.917. The molecule has 1 aromatic carbocycles. The highest BCUT2D eigenvalue weighted by atomic mass is 79.9. The van der Waals surface area contributed by atoms with Gasteiger partial charge < -0.3 is 9.84 Å². The molecule has 1 N–H and O–H groups in total. The minimum absolute atomic E-state index is 0.165. The zero-order valence-corrected chi connectivity index (χ0v) is 8.06. The summed E-state index contributed by atoms with van der Waals surface area (Å²) < 4.78 is 18.0. The van der Waals surface area contributed by atoms with Gasteiger partial charge in [-0.25, -0.2) is 4.39 Å². The first-order valence-corrected chi connectivity index (χ1v) is 4.11. The van der Waals surface area contributed by atoms with Crippen LogP contribution < -0.4 is 4.74 Å². The van der Waals surface area contributed by atoms with Gasteiger partial charge in [0.25, 0.3) is 0 Å². The lowest BCUT2D eigenvalue weighted by Crippen LogP contribution is -1.94. The van der Waals surface area contributed by atoms with Crippen molar-refractivity contribution in [3.05, 3.63) is 28.0 Å². The lowest BCUT2D eigenvalue weighted by Gasteiger charge is -2.08. The molecule has 0 atom stereocenters. The Kier molecular flexibility index (Phi) is 3.05. The fourth-order valence-corrected chi connectivity index (χ4v) is 1.47. The molecule has 0 bridgehead atoms. The number of hydrogen-bond donors (Lipinski definition) is 1. The Morgan fingerprint density at radius 1 is 1.58 bits per heavy atom. The molecule has 0 amide bonds. The lowest BCUT2D eigenvalue weighted by atomic mass is 10.2. The van der Waals surface area contributed by atoms with E-state index in [1.54, 1.807) is 0 Å². The topological polar surface area (TPSA) is 29.5 Å². The molecule has 0 aromatic heterocycles. The van der Waals surface area contributed by atoms with Crippen LogP contribution in [-0.2, 0) is 6.61 Å². The van der Waals surface area contributed by atoms with Crippen LogP contribution in [-0.4, -0.2) is 12.2 Å². The highest BCUT2D eigenvalue weighted by Gasteiger charge is 2.10. The van der Waals surface area contributed by atoms with Crippen LogP contribution in [0.4, 0.5) is 4.39 Å². The number of halogens is 2. The number of rotatable bonds is 2. The Morgan fingerprint density at radius 2 is 2.25 bits per heavy atom. The van der Waals surface area contributed by atoms with Gasteiger partial charge >= 0.3 is 0 Å². The van der Waals surface area contributed by atoms with E-state index in [1.165, 1.54) is 19.2 Å². The number of aliphatic hydroxyl groups is 1. The number of ether oxygens (including phenoxy) is 1. The van der Waals surface area contributed by atoms with E-state index >= 15 is 0 Å². The zero-order valence-electron chi connectivity index (χ0n) is 6.47. The zero-order chi connectivity index (χ0) is 9.14. The molecular weight excluding hydrogens is 227 g/mol. The van der Waals surface area contributed by atoms with Crippen LogP contribution in [0.5, 0.6) is 5.75 Å². The second-order valence-electron chi connectivity index (χ2n) is 2.21. The maximum absolute atomic E-state index is 12.9. The first-order chi connectivity index (χ1) is 5.70. The van der Waals surface area contributed by atoms with Gasteiger partial charge in [0.2, 0.25) is 0 Å². The highest BCUT2D eigenvalue weighted by molar-refractivity contribution is 9.10. The van der Waals surface area contributed by atoms with Gasteiger partial charge in [0.15, 0.2) is 0 Å². The van der Waals surface area contributed by atoms with Gasteiger partial charge in [0, 0.05) is 5.56 Å². The Morgan fingerprint density at radius 3 is 2.75 bits per heavy atom. The van der Waals surface area contributed by atoms with Crippen LogP contribution in [0.3, 0.4) is 0 Å². The van der Waals surface area contributed by atoms with Crippen LogP contribution in [0.25, 0.3) is 0 Å². The molecule has 0 spiro atoms. The summed E-state index contributed by atoms with van der Waals surface area (Å²) in [6.07, 6.45) is 0. The summed E-state index contributed by atoms with van der Waals surface area (Å²) in [5, 5.41) is 8.84. The molecule has 0 fully saturated rings. The van der Waals surface area contributed by atoms with Gasteiger partial charge in [0.1, 0.15) is 11.6 Å². The SMILES string of the molecule is COc1c(CO)ccc(F)c1Br. The van der Waals surface area contributed by atoms with Crippen LogP contribution in [0.2, 0.25) is 0 Å². The van der Waals surface area contributed by atoms with Gasteiger partial charge in [-0.1, -0.05) is 6.07 Å². The van der Waals surface area contributed by atoms with Crippen molar-refractivity contribution in [2.24, 2.45) is 0 Å². The summed E-state index contributed by atoms with van der Waals surface area (Å²) >= 11 is 3.02. The molecule has 0 unspecified atom stereocenters. The van der Waals surface area contributed by atoms with Crippen molar-refractivity contribution in [1.82, 2.24) is 0 Å². The van der Waals surface area contributed by atoms with E-state index in [1.807, 2.05) is 0 Å². The second kappa shape index (κ2) is 3.87. The van der Waals surface area contributed by atoms with E-state index < -0.39 is 5.82 Å². The molecule has 0 radical (unpaired) electrons. The first kappa shape index (κ1) is 9.48. The summed E-state index contributed by atoms with van der Waals surface area (Å²) in [5.41, 5.74) is 0.561. The molecule has 0 saturated carbocycles. The monoisotopic (exact) mass is 234 g/mol. The Hall–Kier alpha value is -0.610. The van der Waals surface area contributed by atoms with Gasteiger partial charge in [-0.05, 0) is 22.0 Å². The van der Waals surface area contributed by atoms with Crippen molar-refractivity contribution >= 4 is 15.9 Å². The van der Waals surface area contributed by atoms with Crippen molar-refractivity contribution in [3.8, 4) is 5.75 Å². The summed E-state index contributed by atoms with van der Waals surface area (Å²) in [5.74, 6) is -0.0541. The van der Waals surface area contributed by atoms with Gasteiger partial charge in [0.05, 0.1) is 18.2 Å². The maximum Gasteiger partial charge on any atom is 0.141 e. The van der Waals surface area contributed by atoms with Crippen LogP contribution in [0.15, 0.2) is 16.6 Å². The third-order valence-corrected chi connectivity index (χ3v) is 2.24. The summed E-state index contributed by atoms with van der Waals surface area (Å²) in [6, 6.07) is 2.76. The third-order valence-electron chi connectivity index (χ3n) is 1.51. The van der Waals surface area contributed by atoms with Crippen LogP contribution >= 0.6 is 15.9 Å². The average molecular weight is 235 g/mol. The van der Waals surface area contributed by atoms with E-state index in [9.17, 15) is 4.39 Å². The smallest absolute Gasteiger partial charge is 0.141 e. The largest absolute Gasteiger partial charge is 0.495 e. The van der Waals surface area contributed by atoms with E-state index in [2.05, 4.69) is 15.9 Å². The predicted molar refractivity (Wildman–Crippen MR) is 46.6 cm³/mol. The minimum Gasteiger partial charge on any atom is -0.495 e. The molecule has 0 aliphatic heterocycles. The number of methoxy groups -OCH3 is 1. The van der Waals surface area contributed by atoms with Crippen molar-refractivity contribution in [2.75, 3.05) is 7.11 Å². The first-order valence-electron chi connectivity index (χ1n) is 3.32. The molecule has 0 aliphatic carbocycles. The standard InChI is InChI=1S/C8H8BrFO2/c1-12-8-5(4-11)2-3-6(10)7(8)9/h2-3,11H,4H2,1H3. The fraction of sp³-hybridized carbons (Fsp3) is 0.250. The molecule has 4 heteroatoms. The minimum atomic E-state index is -0.399. The average Bonchev–Trinajstić information content (AvgIpc) is 2.09. The molecular formula is C8H8BrFO2. The van der Waals surface area contributed by atoms with Gasteiger partial charge in [-0.15, -0.1) is 0 Å². The lowest BCUT2D eigenvalue weighted by molar-refractivity contribution is 0.273. The second-order valence-corrected chi connectivity index (χ2v) is 3.00.